The maximum atomic E-state index is 9.56. The van der Waals surface area contributed by atoms with Gasteiger partial charge in [-0.15, -0.1) is 0 Å². The molecule has 0 saturated heterocycles. The summed E-state index contributed by atoms with van der Waals surface area (Å²) < 4.78 is 30.7. The second-order valence-electron chi connectivity index (χ2n) is 3.25. The highest BCUT2D eigenvalue weighted by Crippen LogP contribution is 2.03. The lowest BCUT2D eigenvalue weighted by Crippen LogP contribution is -2.01. The lowest BCUT2D eigenvalue weighted by Gasteiger charge is -1.93. The second-order valence-corrected chi connectivity index (χ2v) is 4.34. The van der Waals surface area contributed by atoms with Crippen LogP contribution < -0.4 is 0 Å². The van der Waals surface area contributed by atoms with E-state index in [2.05, 4.69) is 18.0 Å². The van der Waals surface area contributed by atoms with Gasteiger partial charge in [0.05, 0.1) is 6.61 Å². The van der Waals surface area contributed by atoms with Crippen molar-refractivity contribution in [3.63, 3.8) is 0 Å². The van der Waals surface area contributed by atoms with Crippen molar-refractivity contribution in [1.29, 1.82) is 0 Å². The normalized spacial score (nSPS) is 10.7. The largest absolute Gasteiger partial charge is 0.397 e. The second kappa shape index (κ2) is 11.9. The highest BCUT2D eigenvalue weighted by molar-refractivity contribution is 7.80. The van der Waals surface area contributed by atoms with Crippen molar-refractivity contribution >= 4 is 10.4 Å². The maximum absolute atomic E-state index is 9.56. The summed E-state index contributed by atoms with van der Waals surface area (Å²) >= 11 is 0. The van der Waals surface area contributed by atoms with Crippen molar-refractivity contribution in [2.24, 2.45) is 0 Å². The molecule has 0 aromatic carbocycles. The van der Waals surface area contributed by atoms with E-state index >= 15 is 0 Å². The van der Waals surface area contributed by atoms with E-state index in [1.54, 1.807) is 0 Å². The Kier molecular flexibility index (Phi) is 13.7. The van der Waals surface area contributed by atoms with E-state index in [1.165, 1.54) is 45.4 Å². The molecule has 0 amide bonds. The van der Waals surface area contributed by atoms with Crippen molar-refractivity contribution in [1.82, 2.24) is 0 Å². The van der Waals surface area contributed by atoms with E-state index in [1.807, 2.05) is 0 Å². The molecule has 0 rings (SSSR count). The molecular formula is C10H24O4S. The fourth-order valence-corrected chi connectivity index (χ4v) is 1.30. The third kappa shape index (κ3) is 24.8. The van der Waals surface area contributed by atoms with Gasteiger partial charge in [0.2, 0.25) is 0 Å². The minimum atomic E-state index is -4.17. The van der Waals surface area contributed by atoms with Gasteiger partial charge in [-0.3, -0.25) is 4.55 Å². The first kappa shape index (κ1) is 17.3. The van der Waals surface area contributed by atoms with Gasteiger partial charge in [-0.25, -0.2) is 4.18 Å². The molecule has 0 aliphatic heterocycles. The predicted molar refractivity (Wildman–Crippen MR) is 62.2 cm³/mol. The first-order valence-corrected chi connectivity index (χ1v) is 6.96. The van der Waals surface area contributed by atoms with Gasteiger partial charge in [-0.2, -0.15) is 8.42 Å². The van der Waals surface area contributed by atoms with Gasteiger partial charge in [-0.05, 0) is 6.92 Å². The van der Waals surface area contributed by atoms with E-state index in [4.69, 9.17) is 4.55 Å². The van der Waals surface area contributed by atoms with E-state index in [0.717, 1.165) is 0 Å². The number of rotatable bonds is 7. The summed E-state index contributed by atoms with van der Waals surface area (Å²) in [4.78, 5) is 0. The summed E-state index contributed by atoms with van der Waals surface area (Å²) in [5, 5.41) is 0. The Labute approximate surface area is 94.0 Å². The topological polar surface area (TPSA) is 63.6 Å². The zero-order valence-electron chi connectivity index (χ0n) is 10.0. The molecular weight excluding hydrogens is 216 g/mol. The number of hydrogen-bond donors (Lipinski definition) is 1. The molecule has 0 unspecified atom stereocenters. The van der Waals surface area contributed by atoms with Crippen LogP contribution in [0.1, 0.15) is 59.3 Å². The van der Waals surface area contributed by atoms with E-state index in [-0.39, 0.29) is 6.61 Å². The predicted octanol–water partition coefficient (Wildman–Crippen LogP) is 3.19. The molecule has 5 heteroatoms. The molecule has 0 aromatic heterocycles. The Morgan fingerprint density at radius 3 is 1.47 bits per heavy atom. The van der Waals surface area contributed by atoms with Crippen LogP contribution in [0.15, 0.2) is 0 Å². The smallest absolute Gasteiger partial charge is 0.264 e. The van der Waals surface area contributed by atoms with Gasteiger partial charge in [0.15, 0.2) is 0 Å². The van der Waals surface area contributed by atoms with Crippen LogP contribution in [-0.4, -0.2) is 19.6 Å². The van der Waals surface area contributed by atoms with Crippen molar-refractivity contribution in [3.05, 3.63) is 0 Å². The third-order valence-corrected chi connectivity index (χ3v) is 2.26. The Morgan fingerprint density at radius 1 is 0.933 bits per heavy atom. The monoisotopic (exact) mass is 240 g/mol. The summed E-state index contributed by atoms with van der Waals surface area (Å²) in [5.74, 6) is 0. The lowest BCUT2D eigenvalue weighted by atomic mass is 10.1. The lowest BCUT2D eigenvalue weighted by molar-refractivity contribution is 0.283. The molecule has 0 saturated carbocycles. The van der Waals surface area contributed by atoms with Crippen LogP contribution in [0.4, 0.5) is 0 Å². The van der Waals surface area contributed by atoms with E-state index in [9.17, 15) is 8.42 Å². The van der Waals surface area contributed by atoms with Crippen LogP contribution >= 0.6 is 0 Å². The summed E-state index contributed by atoms with van der Waals surface area (Å²) in [6.45, 7) is 5.95. The van der Waals surface area contributed by atoms with Gasteiger partial charge in [0, 0.05) is 0 Å². The molecule has 0 aliphatic carbocycles. The molecule has 0 aromatic rings. The molecule has 4 nitrogen and oxygen atoms in total. The van der Waals surface area contributed by atoms with E-state index < -0.39 is 10.4 Å². The SMILES string of the molecule is CCCCCCCC.CCOS(=O)(=O)O. The minimum absolute atomic E-state index is 0.0289. The van der Waals surface area contributed by atoms with Crippen LogP contribution in [0.2, 0.25) is 0 Å². The summed E-state index contributed by atoms with van der Waals surface area (Å²) in [7, 11) is -4.17. The number of hydrogen-bond acceptors (Lipinski definition) is 3. The van der Waals surface area contributed by atoms with Crippen molar-refractivity contribution in [2.45, 2.75) is 59.3 Å². The van der Waals surface area contributed by atoms with Crippen LogP contribution in [0, 0.1) is 0 Å². The summed E-state index contributed by atoms with van der Waals surface area (Å²) in [6, 6.07) is 0. The fourth-order valence-electron chi connectivity index (χ4n) is 1.00. The summed E-state index contributed by atoms with van der Waals surface area (Å²) in [6.07, 6.45) is 8.49. The Morgan fingerprint density at radius 2 is 1.33 bits per heavy atom. The molecule has 0 radical (unpaired) electrons. The van der Waals surface area contributed by atoms with Gasteiger partial charge in [-0.1, -0.05) is 52.4 Å². The van der Waals surface area contributed by atoms with Crippen LogP contribution in [-0.2, 0) is 14.6 Å². The molecule has 1 N–H and O–H groups in total. The zero-order chi connectivity index (χ0) is 12.2. The average molecular weight is 240 g/mol. The molecule has 0 spiro atoms. The fraction of sp³-hybridized carbons (Fsp3) is 1.00. The molecule has 0 fully saturated rings. The molecule has 0 bridgehead atoms. The third-order valence-electron chi connectivity index (χ3n) is 1.72. The van der Waals surface area contributed by atoms with E-state index in [0.29, 0.717) is 0 Å². The van der Waals surface area contributed by atoms with Crippen molar-refractivity contribution in [3.8, 4) is 0 Å². The first-order valence-electron chi connectivity index (χ1n) is 5.59. The van der Waals surface area contributed by atoms with Gasteiger partial charge in [0.25, 0.3) is 0 Å². The average Bonchev–Trinajstić information content (AvgIpc) is 2.12. The molecule has 0 atom stereocenters. The standard InChI is InChI=1S/C8H18.C2H6O4S/c1-3-5-7-8-6-4-2;1-2-6-7(3,4)5/h3-8H2,1-2H3;2H2,1H3,(H,3,4,5). The highest BCUT2D eigenvalue weighted by Gasteiger charge is 1.98. The Hall–Kier alpha value is -0.130. The molecule has 15 heavy (non-hydrogen) atoms. The molecule has 0 heterocycles. The van der Waals surface area contributed by atoms with Crippen LogP contribution in [0.25, 0.3) is 0 Å². The summed E-state index contributed by atoms with van der Waals surface area (Å²) in [5.41, 5.74) is 0. The minimum Gasteiger partial charge on any atom is -0.264 e. The first-order chi connectivity index (χ1) is 6.97. The quantitative estimate of drug-likeness (QED) is 0.548. The molecule has 0 aliphatic rings. The Balaban J connectivity index is 0. The zero-order valence-corrected chi connectivity index (χ0v) is 10.8. The Bertz CT molecular complexity index is 193. The van der Waals surface area contributed by atoms with Crippen molar-refractivity contribution < 1.29 is 17.2 Å². The van der Waals surface area contributed by atoms with Gasteiger partial charge >= 0.3 is 10.4 Å². The highest BCUT2D eigenvalue weighted by atomic mass is 32.3. The molecule has 94 valence electrons. The van der Waals surface area contributed by atoms with Gasteiger partial charge in [0.1, 0.15) is 0 Å². The van der Waals surface area contributed by atoms with Gasteiger partial charge < -0.3 is 0 Å². The number of unbranched alkanes of at least 4 members (excludes halogenated alkanes) is 5. The van der Waals surface area contributed by atoms with Crippen LogP contribution in [0.5, 0.6) is 0 Å². The maximum Gasteiger partial charge on any atom is 0.397 e. The van der Waals surface area contributed by atoms with Crippen LogP contribution in [0.3, 0.4) is 0 Å². The van der Waals surface area contributed by atoms with Crippen molar-refractivity contribution in [2.75, 3.05) is 6.61 Å².